The van der Waals surface area contributed by atoms with E-state index >= 15 is 0 Å². The van der Waals surface area contributed by atoms with Crippen LogP contribution in [0.1, 0.15) is 12.3 Å². The lowest BCUT2D eigenvalue weighted by Gasteiger charge is -2.39. The van der Waals surface area contributed by atoms with E-state index in [0.29, 0.717) is 0 Å². The summed E-state index contributed by atoms with van der Waals surface area (Å²) in [7, 11) is 0. The molecule has 0 saturated heterocycles. The van der Waals surface area contributed by atoms with Crippen LogP contribution in [0.3, 0.4) is 0 Å². The summed E-state index contributed by atoms with van der Waals surface area (Å²) in [5.74, 6) is 1.96. The topological polar surface area (TPSA) is 59.7 Å². The molecule has 6 nitrogen and oxygen atoms in total. The highest BCUT2D eigenvalue weighted by Crippen LogP contribution is 2.46. The molecule has 162 valence electrons. The number of anilines is 2. The Kier molecular flexibility index (Phi) is 3.41. The first kappa shape index (κ1) is 17.9. The molecule has 0 fully saturated rings. The van der Waals surface area contributed by atoms with Crippen molar-refractivity contribution in [2.24, 2.45) is 0 Å². The van der Waals surface area contributed by atoms with Crippen LogP contribution in [-0.2, 0) is 0 Å². The lowest BCUT2D eigenvalue weighted by molar-refractivity contribution is 0.405. The number of imidazole rings is 2. The third-order valence-electron chi connectivity index (χ3n) is 6.99. The van der Waals surface area contributed by atoms with Gasteiger partial charge in [0, 0.05) is 22.5 Å². The quantitative estimate of drug-likeness (QED) is 0.316. The third kappa shape index (κ3) is 2.29. The van der Waals surface area contributed by atoms with Crippen molar-refractivity contribution in [2.45, 2.75) is 12.3 Å². The van der Waals surface area contributed by atoms with E-state index in [2.05, 4.69) is 105 Å². The van der Waals surface area contributed by atoms with Crippen molar-refractivity contribution in [1.29, 1.82) is 0 Å². The van der Waals surface area contributed by atoms with Gasteiger partial charge < -0.3 is 10.6 Å². The van der Waals surface area contributed by atoms with E-state index in [4.69, 9.17) is 9.97 Å². The van der Waals surface area contributed by atoms with Crippen LogP contribution >= 0.6 is 0 Å². The average Bonchev–Trinajstić information content (AvgIpc) is 3.47. The molecule has 0 spiro atoms. The average molecular weight is 441 g/mol. The van der Waals surface area contributed by atoms with Gasteiger partial charge >= 0.3 is 0 Å². The molecule has 2 N–H and O–H groups in total. The Labute approximate surface area is 195 Å². The molecular weight excluding hydrogens is 420 g/mol. The van der Waals surface area contributed by atoms with E-state index in [1.807, 2.05) is 12.1 Å². The van der Waals surface area contributed by atoms with Crippen LogP contribution in [0.4, 0.5) is 11.4 Å². The molecule has 0 aliphatic carbocycles. The fourth-order valence-electron chi connectivity index (χ4n) is 5.53. The Morgan fingerprint density at radius 1 is 0.500 bits per heavy atom. The summed E-state index contributed by atoms with van der Waals surface area (Å²) in [5.41, 5.74) is 8.60. The molecule has 2 aliphatic heterocycles. The minimum absolute atomic E-state index is 0.123. The number of nitrogens with one attached hydrogen (secondary N) is 2. The number of para-hydroxylation sites is 6. The summed E-state index contributed by atoms with van der Waals surface area (Å²) < 4.78 is 4.67. The van der Waals surface area contributed by atoms with E-state index in [-0.39, 0.29) is 12.3 Å². The number of fused-ring (bicyclic) bond motifs is 10. The molecule has 2 atom stereocenters. The Balaban J connectivity index is 1.43. The number of benzene rings is 4. The highest BCUT2D eigenvalue weighted by atomic mass is 15.4. The second kappa shape index (κ2) is 6.48. The summed E-state index contributed by atoms with van der Waals surface area (Å²) in [4.78, 5) is 10.1. The fourth-order valence-corrected chi connectivity index (χ4v) is 5.53. The van der Waals surface area contributed by atoms with Gasteiger partial charge in [0.15, 0.2) is 0 Å². The Bertz CT molecular complexity index is 1610. The summed E-state index contributed by atoms with van der Waals surface area (Å²) in [6.07, 6.45) is -0.246. The molecule has 2 unspecified atom stereocenters. The molecule has 4 aromatic carbocycles. The maximum Gasteiger partial charge on any atom is 0.145 e. The van der Waals surface area contributed by atoms with Crippen LogP contribution in [0, 0.1) is 0 Å². The van der Waals surface area contributed by atoms with Gasteiger partial charge in [0.05, 0.1) is 22.1 Å². The van der Waals surface area contributed by atoms with Crippen molar-refractivity contribution in [3.63, 3.8) is 0 Å². The van der Waals surface area contributed by atoms with Crippen LogP contribution in [0.2, 0.25) is 0 Å². The van der Waals surface area contributed by atoms with Gasteiger partial charge in [0.1, 0.15) is 24.0 Å². The predicted octanol–water partition coefficient (Wildman–Crippen LogP) is 6.27. The summed E-state index contributed by atoms with van der Waals surface area (Å²) >= 11 is 0. The first-order valence-electron chi connectivity index (χ1n) is 11.5. The molecule has 8 rings (SSSR count). The molecule has 6 aromatic rings. The van der Waals surface area contributed by atoms with Crippen LogP contribution in [0.25, 0.3) is 44.8 Å². The van der Waals surface area contributed by atoms with Gasteiger partial charge in [-0.25, -0.2) is 9.97 Å². The SMILES string of the molecule is c1ccc2c(c1)NC(C1Nc3ccccc3-c3nc4ccccc4n31)n1c-2nc2ccccc21. The minimum Gasteiger partial charge on any atom is -0.361 e. The fraction of sp³-hybridized carbons (Fsp3) is 0.0714. The molecule has 2 aliphatic rings. The van der Waals surface area contributed by atoms with Crippen LogP contribution in [0.15, 0.2) is 97.1 Å². The number of aromatic nitrogens is 4. The molecule has 6 heteroatoms. The molecule has 0 radical (unpaired) electrons. The number of rotatable bonds is 1. The van der Waals surface area contributed by atoms with Gasteiger partial charge in [0.25, 0.3) is 0 Å². The van der Waals surface area contributed by atoms with Gasteiger partial charge in [-0.3, -0.25) is 9.13 Å². The Morgan fingerprint density at radius 2 is 0.912 bits per heavy atom. The van der Waals surface area contributed by atoms with E-state index in [0.717, 1.165) is 56.2 Å². The Hall–Kier alpha value is -4.58. The maximum atomic E-state index is 5.06. The molecule has 4 heterocycles. The van der Waals surface area contributed by atoms with Crippen molar-refractivity contribution in [3.05, 3.63) is 97.1 Å². The van der Waals surface area contributed by atoms with Crippen molar-refractivity contribution in [3.8, 4) is 22.8 Å². The summed E-state index contributed by atoms with van der Waals surface area (Å²) in [6.45, 7) is 0. The second-order valence-corrected chi connectivity index (χ2v) is 8.86. The zero-order valence-corrected chi connectivity index (χ0v) is 18.2. The van der Waals surface area contributed by atoms with E-state index in [1.165, 1.54) is 0 Å². The molecule has 0 saturated carbocycles. The minimum atomic E-state index is -0.123. The zero-order valence-electron chi connectivity index (χ0n) is 18.2. The van der Waals surface area contributed by atoms with Gasteiger partial charge in [-0.05, 0) is 48.5 Å². The van der Waals surface area contributed by atoms with Crippen LogP contribution in [0.5, 0.6) is 0 Å². The molecular formula is C28H20N6. The summed E-state index contributed by atoms with van der Waals surface area (Å²) in [5, 5.41) is 7.68. The van der Waals surface area contributed by atoms with Crippen molar-refractivity contribution < 1.29 is 0 Å². The molecule has 0 amide bonds. The molecule has 34 heavy (non-hydrogen) atoms. The van der Waals surface area contributed by atoms with Crippen LogP contribution < -0.4 is 10.6 Å². The normalized spacial score (nSPS) is 17.9. The van der Waals surface area contributed by atoms with Gasteiger partial charge in [-0.2, -0.15) is 0 Å². The van der Waals surface area contributed by atoms with E-state index < -0.39 is 0 Å². The number of nitrogens with zero attached hydrogens (tertiary/aromatic N) is 4. The van der Waals surface area contributed by atoms with Crippen LogP contribution in [-0.4, -0.2) is 19.1 Å². The first-order chi connectivity index (χ1) is 16.9. The molecule has 2 aromatic heterocycles. The predicted molar refractivity (Wildman–Crippen MR) is 136 cm³/mol. The standard InChI is InChI=1S/C28H20N6/c1-3-11-19-17(9-1)25-31-21-13-5-7-15-23(21)33(25)27(29-19)28-30-20-12-4-2-10-18(20)26-32-22-14-6-8-16-24(22)34(26)28/h1-16,27-30H. The Morgan fingerprint density at radius 3 is 1.41 bits per heavy atom. The third-order valence-corrected chi connectivity index (χ3v) is 6.99. The van der Waals surface area contributed by atoms with Gasteiger partial charge in [-0.1, -0.05) is 48.5 Å². The van der Waals surface area contributed by atoms with Gasteiger partial charge in [-0.15, -0.1) is 0 Å². The lowest BCUT2D eigenvalue weighted by Crippen LogP contribution is -2.38. The van der Waals surface area contributed by atoms with Gasteiger partial charge in [0.2, 0.25) is 0 Å². The van der Waals surface area contributed by atoms with Crippen molar-refractivity contribution >= 4 is 33.4 Å². The van der Waals surface area contributed by atoms with Crippen molar-refractivity contribution in [2.75, 3.05) is 10.6 Å². The first-order valence-corrected chi connectivity index (χ1v) is 11.5. The highest BCUT2D eigenvalue weighted by Gasteiger charge is 2.38. The van der Waals surface area contributed by atoms with E-state index in [1.54, 1.807) is 0 Å². The summed E-state index contributed by atoms with van der Waals surface area (Å²) in [6, 6.07) is 33.6. The zero-order chi connectivity index (χ0) is 22.2. The molecule has 0 bridgehead atoms. The largest absolute Gasteiger partial charge is 0.361 e. The smallest absolute Gasteiger partial charge is 0.145 e. The highest BCUT2D eigenvalue weighted by molar-refractivity contribution is 5.89. The monoisotopic (exact) mass is 440 g/mol. The second-order valence-electron chi connectivity index (χ2n) is 8.86. The van der Waals surface area contributed by atoms with E-state index in [9.17, 15) is 0 Å². The lowest BCUT2D eigenvalue weighted by atomic mass is 10.1. The maximum absolute atomic E-state index is 5.06. The number of hydrogen-bond donors (Lipinski definition) is 2. The number of hydrogen-bond acceptors (Lipinski definition) is 4. The van der Waals surface area contributed by atoms with Crippen molar-refractivity contribution in [1.82, 2.24) is 19.1 Å².